The second-order valence-electron chi connectivity index (χ2n) is 6.23. The molecular weight excluding hydrogens is 418 g/mol. The highest BCUT2D eigenvalue weighted by Gasteiger charge is 2.07. The van der Waals surface area contributed by atoms with Gasteiger partial charge in [-0.2, -0.15) is 0 Å². The van der Waals surface area contributed by atoms with E-state index in [9.17, 15) is 9.59 Å². The molecule has 5 nitrogen and oxygen atoms in total. The van der Waals surface area contributed by atoms with E-state index in [1.54, 1.807) is 78.9 Å². The lowest BCUT2D eigenvalue weighted by molar-refractivity contribution is -0.115. The molecule has 2 amide bonds. The van der Waals surface area contributed by atoms with E-state index in [0.717, 1.165) is 5.56 Å². The molecule has 0 heterocycles. The highest BCUT2D eigenvalue weighted by molar-refractivity contribution is 7.80. The number of benzene rings is 3. The first-order valence-corrected chi connectivity index (χ1v) is 9.80. The quantitative estimate of drug-likeness (QED) is 0.384. The highest BCUT2D eigenvalue weighted by atomic mass is 35.5. The summed E-state index contributed by atoms with van der Waals surface area (Å²) in [5.74, 6) is -0.577. The summed E-state index contributed by atoms with van der Waals surface area (Å²) in [4.78, 5) is 24.3. The fourth-order valence-electron chi connectivity index (χ4n) is 2.53. The Morgan fingerprint density at radius 1 is 0.833 bits per heavy atom. The molecule has 0 aliphatic carbocycles. The van der Waals surface area contributed by atoms with Crippen molar-refractivity contribution < 1.29 is 9.59 Å². The number of carbonyl (C=O) groups excluding carboxylic acids is 2. The van der Waals surface area contributed by atoms with E-state index in [1.165, 1.54) is 6.08 Å². The number of amides is 2. The third-order valence-electron chi connectivity index (χ3n) is 3.95. The van der Waals surface area contributed by atoms with Gasteiger partial charge in [0, 0.05) is 28.0 Å². The van der Waals surface area contributed by atoms with Gasteiger partial charge in [0.15, 0.2) is 5.11 Å². The maximum Gasteiger partial charge on any atom is 0.255 e. The minimum Gasteiger partial charge on any atom is -0.332 e. The number of nitrogens with one attached hydrogen (secondary N) is 3. The molecule has 0 bridgehead atoms. The normalized spacial score (nSPS) is 10.4. The molecule has 7 heteroatoms. The molecule has 0 spiro atoms. The lowest BCUT2D eigenvalue weighted by atomic mass is 10.2. The molecule has 3 aromatic rings. The summed E-state index contributed by atoms with van der Waals surface area (Å²) in [7, 11) is 0. The third-order valence-corrected chi connectivity index (χ3v) is 4.40. The minimum atomic E-state index is -0.365. The Morgan fingerprint density at radius 3 is 2.20 bits per heavy atom. The van der Waals surface area contributed by atoms with Crippen LogP contribution in [-0.2, 0) is 4.79 Å². The van der Waals surface area contributed by atoms with Gasteiger partial charge in [-0.25, -0.2) is 0 Å². The van der Waals surface area contributed by atoms with E-state index in [0.29, 0.717) is 22.0 Å². The molecular formula is C23H18ClN3O2S. The van der Waals surface area contributed by atoms with Crippen LogP contribution in [0.5, 0.6) is 0 Å². The first-order valence-electron chi connectivity index (χ1n) is 9.02. The van der Waals surface area contributed by atoms with Crippen LogP contribution >= 0.6 is 23.8 Å². The van der Waals surface area contributed by atoms with Gasteiger partial charge in [-0.1, -0.05) is 48.0 Å². The van der Waals surface area contributed by atoms with Crippen LogP contribution in [0.2, 0.25) is 5.02 Å². The van der Waals surface area contributed by atoms with Crippen LogP contribution in [0, 0.1) is 0 Å². The van der Waals surface area contributed by atoms with E-state index in [4.69, 9.17) is 23.8 Å². The highest BCUT2D eigenvalue weighted by Crippen LogP contribution is 2.16. The van der Waals surface area contributed by atoms with Crippen molar-refractivity contribution in [2.24, 2.45) is 0 Å². The summed E-state index contributed by atoms with van der Waals surface area (Å²) in [5, 5.41) is 9.11. The maximum atomic E-state index is 12.3. The fraction of sp³-hybridized carbons (Fsp3) is 0. The van der Waals surface area contributed by atoms with Crippen molar-refractivity contribution in [3.63, 3.8) is 0 Å². The van der Waals surface area contributed by atoms with E-state index in [1.807, 2.05) is 6.07 Å². The van der Waals surface area contributed by atoms with E-state index in [-0.39, 0.29) is 16.9 Å². The molecule has 150 valence electrons. The zero-order valence-corrected chi connectivity index (χ0v) is 17.3. The minimum absolute atomic E-state index is 0.146. The number of hydrogen-bond donors (Lipinski definition) is 3. The second-order valence-corrected chi connectivity index (χ2v) is 7.07. The lowest BCUT2D eigenvalue weighted by Crippen LogP contribution is -2.32. The molecule has 0 radical (unpaired) electrons. The molecule has 3 rings (SSSR count). The zero-order chi connectivity index (χ0) is 21.3. The molecule has 0 atom stereocenters. The monoisotopic (exact) mass is 435 g/mol. The molecule has 3 N–H and O–H groups in total. The van der Waals surface area contributed by atoms with Crippen molar-refractivity contribution in [2.75, 3.05) is 10.6 Å². The number of anilines is 2. The number of hydrogen-bond acceptors (Lipinski definition) is 3. The van der Waals surface area contributed by atoms with Crippen molar-refractivity contribution in [3.05, 3.63) is 101 Å². The van der Waals surface area contributed by atoms with Crippen LogP contribution < -0.4 is 16.0 Å². The summed E-state index contributed by atoms with van der Waals surface area (Å²) in [5.41, 5.74) is 2.64. The molecule has 30 heavy (non-hydrogen) atoms. The molecule has 0 unspecified atom stereocenters. The summed E-state index contributed by atoms with van der Waals surface area (Å²) >= 11 is 11.0. The molecule has 0 saturated heterocycles. The van der Waals surface area contributed by atoms with E-state index < -0.39 is 0 Å². The van der Waals surface area contributed by atoms with Gasteiger partial charge < -0.3 is 10.6 Å². The molecule has 3 aromatic carbocycles. The van der Waals surface area contributed by atoms with Crippen LogP contribution in [0.1, 0.15) is 15.9 Å². The largest absolute Gasteiger partial charge is 0.332 e. The maximum absolute atomic E-state index is 12.3. The fourth-order valence-corrected chi connectivity index (χ4v) is 2.87. The first kappa shape index (κ1) is 21.2. The van der Waals surface area contributed by atoms with Crippen molar-refractivity contribution in [1.29, 1.82) is 0 Å². The van der Waals surface area contributed by atoms with Gasteiger partial charge in [0.25, 0.3) is 5.91 Å². The van der Waals surface area contributed by atoms with Crippen LogP contribution in [0.25, 0.3) is 6.08 Å². The van der Waals surface area contributed by atoms with E-state index >= 15 is 0 Å². The molecule has 0 saturated carbocycles. The average Bonchev–Trinajstić information content (AvgIpc) is 2.74. The van der Waals surface area contributed by atoms with Crippen molar-refractivity contribution >= 4 is 58.2 Å². The number of rotatable bonds is 5. The number of carbonyl (C=O) groups is 2. The Balaban J connectivity index is 1.55. The topological polar surface area (TPSA) is 70.2 Å². The smallest absolute Gasteiger partial charge is 0.255 e. The standard InChI is InChI=1S/C23H18ClN3O2S/c24-18-12-9-16(10-13-18)11-14-21(28)27-23(30)26-20-8-4-7-19(15-20)25-22(29)17-5-2-1-3-6-17/h1-15H,(H,25,29)(H2,26,27,28,30). The Hall–Kier alpha value is -3.48. The summed E-state index contributed by atoms with van der Waals surface area (Å²) in [6.45, 7) is 0. The number of thiocarbonyl (C=S) groups is 1. The first-order chi connectivity index (χ1) is 14.5. The van der Waals surface area contributed by atoms with Crippen LogP contribution in [0.4, 0.5) is 11.4 Å². The second kappa shape index (κ2) is 10.3. The Morgan fingerprint density at radius 2 is 1.50 bits per heavy atom. The lowest BCUT2D eigenvalue weighted by Gasteiger charge is -2.10. The molecule has 0 fully saturated rings. The zero-order valence-electron chi connectivity index (χ0n) is 15.8. The average molecular weight is 436 g/mol. The van der Waals surface area contributed by atoms with Gasteiger partial charge in [0.1, 0.15) is 0 Å². The Bertz CT molecular complexity index is 1080. The van der Waals surface area contributed by atoms with E-state index in [2.05, 4.69) is 16.0 Å². The van der Waals surface area contributed by atoms with Crippen molar-refractivity contribution in [2.45, 2.75) is 0 Å². The Kier molecular flexibility index (Phi) is 7.32. The molecule has 0 aliphatic rings. The van der Waals surface area contributed by atoms with Gasteiger partial charge in [-0.05, 0) is 66.3 Å². The van der Waals surface area contributed by atoms with Gasteiger partial charge in [0.05, 0.1) is 0 Å². The van der Waals surface area contributed by atoms with Gasteiger partial charge in [-0.3, -0.25) is 14.9 Å². The Labute approximate surface area is 184 Å². The third kappa shape index (κ3) is 6.55. The van der Waals surface area contributed by atoms with Gasteiger partial charge >= 0.3 is 0 Å². The van der Waals surface area contributed by atoms with Gasteiger partial charge in [-0.15, -0.1) is 0 Å². The predicted molar refractivity (Wildman–Crippen MR) is 126 cm³/mol. The van der Waals surface area contributed by atoms with Crippen LogP contribution in [0.3, 0.4) is 0 Å². The number of halogens is 1. The predicted octanol–water partition coefficient (Wildman–Crippen LogP) is 5.12. The SMILES string of the molecule is O=C(C=Cc1ccc(Cl)cc1)NC(=S)Nc1cccc(NC(=O)c2ccccc2)c1. The summed E-state index contributed by atoms with van der Waals surface area (Å²) in [6, 6.07) is 23.1. The van der Waals surface area contributed by atoms with Crippen molar-refractivity contribution in [3.8, 4) is 0 Å². The van der Waals surface area contributed by atoms with Crippen LogP contribution in [0.15, 0.2) is 84.9 Å². The summed E-state index contributed by atoms with van der Waals surface area (Å²) < 4.78 is 0. The molecule has 0 aliphatic heterocycles. The van der Waals surface area contributed by atoms with Crippen LogP contribution in [-0.4, -0.2) is 16.9 Å². The van der Waals surface area contributed by atoms with Crippen molar-refractivity contribution in [1.82, 2.24) is 5.32 Å². The summed E-state index contributed by atoms with van der Waals surface area (Å²) in [6.07, 6.45) is 3.04. The van der Waals surface area contributed by atoms with Gasteiger partial charge in [0.2, 0.25) is 5.91 Å². The molecule has 0 aromatic heterocycles.